The summed E-state index contributed by atoms with van der Waals surface area (Å²) in [5, 5.41) is 3.55. The van der Waals surface area contributed by atoms with Gasteiger partial charge in [-0.25, -0.2) is 23.2 Å². The van der Waals surface area contributed by atoms with Crippen LogP contribution in [0.3, 0.4) is 0 Å². The van der Waals surface area contributed by atoms with Crippen LogP contribution in [0.5, 0.6) is 0 Å². The summed E-state index contributed by atoms with van der Waals surface area (Å²) in [6, 6.07) is -1.12. The lowest BCUT2D eigenvalue weighted by Crippen LogP contribution is -2.21. The molecule has 7 heteroatoms. The first-order valence-electron chi connectivity index (χ1n) is 3.84. The zero-order chi connectivity index (χ0) is 10.6. The second kappa shape index (κ2) is 4.64. The number of hydrogen-bond donors (Lipinski definition) is 0. The lowest BCUT2D eigenvalue weighted by Gasteiger charge is -2.10. The predicted octanol–water partition coefficient (Wildman–Crippen LogP) is 0.545. The molecule has 0 amide bonds. The molecule has 0 aliphatic carbocycles. The van der Waals surface area contributed by atoms with Crippen LogP contribution in [-0.2, 0) is 4.74 Å². The van der Waals surface area contributed by atoms with Crippen molar-refractivity contribution < 1.29 is 18.3 Å². The predicted molar refractivity (Wildman–Crippen MR) is 42.3 cm³/mol. The number of halogens is 2. The molecule has 78 valence electrons. The van der Waals surface area contributed by atoms with Crippen LogP contribution in [0.4, 0.5) is 8.78 Å². The minimum atomic E-state index is -1.12. The number of aromatic nitrogens is 3. The summed E-state index contributed by atoms with van der Waals surface area (Å²) in [4.78, 5) is 14.6. The molecule has 0 fully saturated rings. The number of carbonyl (C=O) groups is 1. The standard InChI is InChI=1S/C7H9F2N3O2/c1-14-7(13)6-10-4-11-12(6)5(2-8)3-9/h4-5H,2-3H2,1H3. The van der Waals surface area contributed by atoms with E-state index in [1.807, 2.05) is 0 Å². The second-order valence-corrected chi connectivity index (χ2v) is 2.48. The van der Waals surface area contributed by atoms with Crippen molar-refractivity contribution in [3.05, 3.63) is 12.2 Å². The molecule has 0 saturated heterocycles. The summed E-state index contributed by atoms with van der Waals surface area (Å²) in [5.41, 5.74) is 0. The Morgan fingerprint density at radius 1 is 1.64 bits per heavy atom. The molecule has 1 rings (SSSR count). The van der Waals surface area contributed by atoms with Crippen molar-refractivity contribution in [2.75, 3.05) is 20.5 Å². The molecule has 0 aliphatic rings. The van der Waals surface area contributed by atoms with E-state index in [9.17, 15) is 13.6 Å². The molecule has 0 atom stereocenters. The van der Waals surface area contributed by atoms with E-state index in [2.05, 4.69) is 14.8 Å². The van der Waals surface area contributed by atoms with Crippen LogP contribution in [0.25, 0.3) is 0 Å². The highest BCUT2D eigenvalue weighted by Gasteiger charge is 2.21. The Morgan fingerprint density at radius 2 is 2.29 bits per heavy atom. The molecular weight excluding hydrogens is 196 g/mol. The topological polar surface area (TPSA) is 57.0 Å². The minimum absolute atomic E-state index is 0.201. The molecule has 0 unspecified atom stereocenters. The molecule has 0 spiro atoms. The third-order valence-corrected chi connectivity index (χ3v) is 1.64. The van der Waals surface area contributed by atoms with Gasteiger partial charge in [0.15, 0.2) is 0 Å². The zero-order valence-electron chi connectivity index (χ0n) is 7.48. The maximum Gasteiger partial charge on any atom is 0.375 e. The summed E-state index contributed by atoms with van der Waals surface area (Å²) >= 11 is 0. The molecule has 0 N–H and O–H groups in total. The highest BCUT2D eigenvalue weighted by molar-refractivity contribution is 5.85. The molecule has 1 aromatic heterocycles. The Balaban J connectivity index is 2.96. The van der Waals surface area contributed by atoms with Gasteiger partial charge in [-0.1, -0.05) is 0 Å². The largest absolute Gasteiger partial charge is 0.463 e. The first kappa shape index (κ1) is 10.6. The minimum Gasteiger partial charge on any atom is -0.463 e. The Hall–Kier alpha value is -1.53. The lowest BCUT2D eigenvalue weighted by molar-refractivity contribution is 0.0573. The van der Waals surface area contributed by atoms with Gasteiger partial charge >= 0.3 is 5.97 Å². The van der Waals surface area contributed by atoms with Gasteiger partial charge < -0.3 is 4.74 Å². The van der Waals surface area contributed by atoms with Crippen LogP contribution in [-0.4, -0.2) is 41.2 Å². The van der Waals surface area contributed by atoms with Crippen LogP contribution in [0.2, 0.25) is 0 Å². The fourth-order valence-electron chi connectivity index (χ4n) is 0.927. The van der Waals surface area contributed by atoms with E-state index in [0.717, 1.165) is 18.1 Å². The Morgan fingerprint density at radius 3 is 2.79 bits per heavy atom. The van der Waals surface area contributed by atoms with Crippen LogP contribution in [0.1, 0.15) is 16.7 Å². The van der Waals surface area contributed by atoms with Crippen LogP contribution < -0.4 is 0 Å². The van der Waals surface area contributed by atoms with E-state index in [-0.39, 0.29) is 5.82 Å². The van der Waals surface area contributed by atoms with E-state index < -0.39 is 25.4 Å². The van der Waals surface area contributed by atoms with Crippen LogP contribution >= 0.6 is 0 Å². The smallest absolute Gasteiger partial charge is 0.375 e. The van der Waals surface area contributed by atoms with Gasteiger partial charge in [0.25, 0.3) is 0 Å². The van der Waals surface area contributed by atoms with Gasteiger partial charge in [0.2, 0.25) is 5.82 Å². The third kappa shape index (κ3) is 1.86. The Bertz CT molecular complexity index is 312. The van der Waals surface area contributed by atoms with E-state index in [4.69, 9.17) is 0 Å². The first-order valence-corrected chi connectivity index (χ1v) is 3.84. The molecule has 1 aromatic rings. The number of nitrogens with zero attached hydrogens (tertiary/aromatic N) is 3. The van der Waals surface area contributed by atoms with Crippen molar-refractivity contribution >= 4 is 5.97 Å². The number of esters is 1. The highest BCUT2D eigenvalue weighted by atomic mass is 19.1. The first-order chi connectivity index (χ1) is 6.74. The molecule has 0 aromatic carbocycles. The molecule has 0 saturated carbocycles. The van der Waals surface area contributed by atoms with Crippen molar-refractivity contribution in [2.45, 2.75) is 6.04 Å². The summed E-state index contributed by atoms with van der Waals surface area (Å²) < 4.78 is 29.8. The quantitative estimate of drug-likeness (QED) is 0.673. The molecule has 0 radical (unpaired) electrons. The van der Waals surface area contributed by atoms with Gasteiger partial charge in [-0.3, -0.25) is 0 Å². The molecule has 14 heavy (non-hydrogen) atoms. The van der Waals surface area contributed by atoms with Gasteiger partial charge in [0.1, 0.15) is 25.7 Å². The summed E-state index contributed by atoms with van der Waals surface area (Å²) in [7, 11) is 1.15. The normalized spacial score (nSPS) is 10.6. The highest BCUT2D eigenvalue weighted by Crippen LogP contribution is 2.09. The molecule has 0 bridgehead atoms. The molecular formula is C7H9F2N3O2. The fourth-order valence-corrected chi connectivity index (χ4v) is 0.927. The summed E-state index contributed by atoms with van der Waals surface area (Å²) in [6.07, 6.45) is 1.05. The fraction of sp³-hybridized carbons (Fsp3) is 0.571. The van der Waals surface area contributed by atoms with Crippen LogP contribution in [0, 0.1) is 0 Å². The second-order valence-electron chi connectivity index (χ2n) is 2.48. The van der Waals surface area contributed by atoms with E-state index >= 15 is 0 Å². The third-order valence-electron chi connectivity index (χ3n) is 1.64. The number of rotatable bonds is 4. The maximum absolute atomic E-state index is 12.3. The Kier molecular flexibility index (Phi) is 3.49. The number of ether oxygens (including phenoxy) is 1. The average Bonchev–Trinajstić information content (AvgIpc) is 2.68. The van der Waals surface area contributed by atoms with Gasteiger partial charge in [-0.2, -0.15) is 5.10 Å². The van der Waals surface area contributed by atoms with Crippen molar-refractivity contribution in [1.82, 2.24) is 14.8 Å². The Labute approximate surface area is 78.7 Å². The maximum atomic E-state index is 12.3. The zero-order valence-corrected chi connectivity index (χ0v) is 7.48. The number of methoxy groups -OCH3 is 1. The van der Waals surface area contributed by atoms with Crippen molar-refractivity contribution in [3.8, 4) is 0 Å². The molecule has 1 heterocycles. The SMILES string of the molecule is COC(=O)c1ncnn1C(CF)CF. The van der Waals surface area contributed by atoms with Gasteiger partial charge in [0, 0.05) is 0 Å². The van der Waals surface area contributed by atoms with E-state index in [1.54, 1.807) is 0 Å². The molecule has 0 aliphatic heterocycles. The van der Waals surface area contributed by atoms with Gasteiger partial charge in [0.05, 0.1) is 7.11 Å². The number of alkyl halides is 2. The average molecular weight is 205 g/mol. The van der Waals surface area contributed by atoms with Crippen molar-refractivity contribution in [1.29, 1.82) is 0 Å². The van der Waals surface area contributed by atoms with Crippen molar-refractivity contribution in [3.63, 3.8) is 0 Å². The lowest BCUT2D eigenvalue weighted by atomic mass is 10.3. The van der Waals surface area contributed by atoms with Gasteiger partial charge in [-0.15, -0.1) is 0 Å². The van der Waals surface area contributed by atoms with Crippen LogP contribution in [0.15, 0.2) is 6.33 Å². The summed E-state index contributed by atoms with van der Waals surface area (Å²) in [5.74, 6) is -0.970. The van der Waals surface area contributed by atoms with Crippen molar-refractivity contribution in [2.24, 2.45) is 0 Å². The van der Waals surface area contributed by atoms with Gasteiger partial charge in [-0.05, 0) is 0 Å². The van der Waals surface area contributed by atoms with E-state index in [0.29, 0.717) is 0 Å². The molecule has 5 nitrogen and oxygen atoms in total. The monoisotopic (exact) mass is 205 g/mol. The van der Waals surface area contributed by atoms with E-state index in [1.165, 1.54) is 0 Å². The number of carbonyl (C=O) groups excluding carboxylic acids is 1. The summed E-state index contributed by atoms with van der Waals surface area (Å²) in [6.45, 7) is -1.91. The number of hydrogen-bond acceptors (Lipinski definition) is 4.